The Morgan fingerprint density at radius 1 is 1.35 bits per heavy atom. The van der Waals surface area contributed by atoms with Gasteiger partial charge in [-0.2, -0.15) is 0 Å². The van der Waals surface area contributed by atoms with Gasteiger partial charge in [0.25, 0.3) is 0 Å². The van der Waals surface area contributed by atoms with Crippen LogP contribution in [0.25, 0.3) is 0 Å². The van der Waals surface area contributed by atoms with Gasteiger partial charge in [-0.3, -0.25) is 0 Å². The van der Waals surface area contributed by atoms with Crippen LogP contribution in [0.5, 0.6) is 0 Å². The third kappa shape index (κ3) is 2.28. The van der Waals surface area contributed by atoms with Crippen LogP contribution in [0.15, 0.2) is 6.07 Å². The summed E-state index contributed by atoms with van der Waals surface area (Å²) >= 11 is 0. The van der Waals surface area contributed by atoms with Crippen molar-refractivity contribution in [1.82, 2.24) is 4.98 Å². The molecule has 2 atom stereocenters. The van der Waals surface area contributed by atoms with Gasteiger partial charge in [0.1, 0.15) is 11.4 Å². The number of piperidine rings is 1. The Morgan fingerprint density at radius 2 is 2.15 bits per heavy atom. The van der Waals surface area contributed by atoms with E-state index in [9.17, 15) is 9.90 Å². The number of nitrogens with zero attached hydrogens (tertiary/aromatic N) is 2. The molecule has 2 aliphatic rings. The average molecular weight is 274 g/mol. The summed E-state index contributed by atoms with van der Waals surface area (Å²) in [5.74, 6) is 1.12. The van der Waals surface area contributed by atoms with Crippen molar-refractivity contribution in [2.24, 2.45) is 11.8 Å². The van der Waals surface area contributed by atoms with E-state index in [1.54, 1.807) is 0 Å². The van der Waals surface area contributed by atoms with Crippen LogP contribution in [0, 0.1) is 11.8 Å². The zero-order valence-corrected chi connectivity index (χ0v) is 12.2. The highest BCUT2D eigenvalue weighted by Crippen LogP contribution is 2.31. The number of hydrogen-bond donors (Lipinski definition) is 1. The molecule has 2 heterocycles. The van der Waals surface area contributed by atoms with Crippen molar-refractivity contribution in [3.8, 4) is 0 Å². The monoisotopic (exact) mass is 274 g/mol. The largest absolute Gasteiger partial charge is 0.478 e. The summed E-state index contributed by atoms with van der Waals surface area (Å²) in [5.41, 5.74) is 2.62. The Bertz CT molecular complexity index is 542. The molecular weight excluding hydrogens is 252 g/mol. The molecule has 0 spiro atoms. The first-order chi connectivity index (χ1) is 9.56. The van der Waals surface area contributed by atoms with Crippen molar-refractivity contribution in [1.29, 1.82) is 0 Å². The SMILES string of the molecule is CC1CCN(c2nc3c(cc2C(=O)O)CCC3)CC1C. The molecule has 4 heteroatoms. The van der Waals surface area contributed by atoms with Crippen LogP contribution in [0.2, 0.25) is 0 Å². The minimum atomic E-state index is -0.853. The van der Waals surface area contributed by atoms with Gasteiger partial charge in [0.2, 0.25) is 0 Å². The predicted octanol–water partition coefficient (Wildman–Crippen LogP) is 2.75. The van der Waals surface area contributed by atoms with E-state index in [0.717, 1.165) is 50.0 Å². The van der Waals surface area contributed by atoms with Gasteiger partial charge in [0.15, 0.2) is 0 Å². The van der Waals surface area contributed by atoms with E-state index < -0.39 is 5.97 Å². The molecule has 1 saturated heterocycles. The molecule has 1 N–H and O–H groups in total. The zero-order valence-electron chi connectivity index (χ0n) is 12.2. The van der Waals surface area contributed by atoms with Crippen molar-refractivity contribution in [3.05, 3.63) is 22.9 Å². The van der Waals surface area contributed by atoms with Crippen molar-refractivity contribution in [2.45, 2.75) is 39.5 Å². The molecule has 0 bridgehead atoms. The first kappa shape index (κ1) is 13.4. The second kappa shape index (κ2) is 5.08. The number of anilines is 1. The highest BCUT2D eigenvalue weighted by molar-refractivity contribution is 5.93. The number of hydrogen-bond acceptors (Lipinski definition) is 3. The number of carboxylic acids is 1. The number of aromatic nitrogens is 1. The summed E-state index contributed by atoms with van der Waals surface area (Å²) in [6.07, 6.45) is 4.16. The summed E-state index contributed by atoms with van der Waals surface area (Å²) in [7, 11) is 0. The van der Waals surface area contributed by atoms with Gasteiger partial charge in [0.05, 0.1) is 0 Å². The minimum absolute atomic E-state index is 0.382. The average Bonchev–Trinajstić information content (AvgIpc) is 2.87. The summed E-state index contributed by atoms with van der Waals surface area (Å²) in [5, 5.41) is 9.48. The number of fused-ring (bicyclic) bond motifs is 1. The maximum absolute atomic E-state index is 11.5. The molecular formula is C16H22N2O2. The molecule has 1 aromatic rings. The van der Waals surface area contributed by atoms with Crippen LogP contribution < -0.4 is 4.90 Å². The lowest BCUT2D eigenvalue weighted by molar-refractivity contribution is 0.0697. The highest BCUT2D eigenvalue weighted by Gasteiger charge is 2.28. The van der Waals surface area contributed by atoms with Gasteiger partial charge in [-0.1, -0.05) is 13.8 Å². The van der Waals surface area contributed by atoms with Gasteiger partial charge in [-0.15, -0.1) is 0 Å². The van der Waals surface area contributed by atoms with E-state index in [4.69, 9.17) is 4.98 Å². The first-order valence-electron chi connectivity index (χ1n) is 7.57. The van der Waals surface area contributed by atoms with Gasteiger partial charge >= 0.3 is 5.97 Å². The van der Waals surface area contributed by atoms with E-state index in [1.807, 2.05) is 6.07 Å². The fourth-order valence-electron chi connectivity index (χ4n) is 3.31. The van der Waals surface area contributed by atoms with Crippen molar-refractivity contribution < 1.29 is 9.90 Å². The van der Waals surface area contributed by atoms with Crippen LogP contribution in [0.1, 0.15) is 48.3 Å². The van der Waals surface area contributed by atoms with E-state index in [2.05, 4.69) is 18.7 Å². The molecule has 0 amide bonds. The van der Waals surface area contributed by atoms with Crippen molar-refractivity contribution in [2.75, 3.05) is 18.0 Å². The smallest absolute Gasteiger partial charge is 0.339 e. The summed E-state index contributed by atoms with van der Waals surface area (Å²) < 4.78 is 0. The highest BCUT2D eigenvalue weighted by atomic mass is 16.4. The predicted molar refractivity (Wildman–Crippen MR) is 78.4 cm³/mol. The van der Waals surface area contributed by atoms with Crippen LogP contribution in [0.3, 0.4) is 0 Å². The second-order valence-electron chi connectivity index (χ2n) is 6.31. The lowest BCUT2D eigenvalue weighted by atomic mass is 9.88. The zero-order chi connectivity index (χ0) is 14.3. The maximum Gasteiger partial charge on any atom is 0.339 e. The van der Waals surface area contributed by atoms with E-state index in [1.165, 1.54) is 0 Å². The van der Waals surface area contributed by atoms with Crippen LogP contribution in [-0.2, 0) is 12.8 Å². The Labute approximate surface area is 119 Å². The van der Waals surface area contributed by atoms with Crippen LogP contribution in [-0.4, -0.2) is 29.1 Å². The Morgan fingerprint density at radius 3 is 2.85 bits per heavy atom. The number of aromatic carboxylic acids is 1. The fraction of sp³-hybridized carbons (Fsp3) is 0.625. The number of aryl methyl sites for hydroxylation is 2. The Hall–Kier alpha value is -1.58. The molecule has 0 saturated carbocycles. The quantitative estimate of drug-likeness (QED) is 0.901. The first-order valence-corrected chi connectivity index (χ1v) is 7.57. The normalized spacial score (nSPS) is 25.6. The van der Waals surface area contributed by atoms with Gasteiger partial charge < -0.3 is 10.0 Å². The van der Waals surface area contributed by atoms with Crippen molar-refractivity contribution in [3.63, 3.8) is 0 Å². The number of rotatable bonds is 2. The number of pyridine rings is 1. The van der Waals surface area contributed by atoms with Crippen LogP contribution >= 0.6 is 0 Å². The summed E-state index contributed by atoms with van der Waals surface area (Å²) in [6.45, 7) is 6.34. The minimum Gasteiger partial charge on any atom is -0.478 e. The van der Waals surface area contributed by atoms with Gasteiger partial charge in [0, 0.05) is 18.8 Å². The third-order valence-electron chi connectivity index (χ3n) is 4.89. The molecule has 1 aliphatic heterocycles. The van der Waals surface area contributed by atoms with E-state index >= 15 is 0 Å². The topological polar surface area (TPSA) is 53.4 Å². The molecule has 0 aromatic carbocycles. The van der Waals surface area contributed by atoms with Crippen LogP contribution in [0.4, 0.5) is 5.82 Å². The second-order valence-corrected chi connectivity index (χ2v) is 6.31. The number of carbonyl (C=O) groups is 1. The molecule has 3 rings (SSSR count). The number of carboxylic acid groups (broad SMARTS) is 1. The Kier molecular flexibility index (Phi) is 3.40. The summed E-state index contributed by atoms with van der Waals surface area (Å²) in [6, 6.07) is 1.86. The third-order valence-corrected chi connectivity index (χ3v) is 4.89. The standard InChI is InChI=1S/C16H22N2O2/c1-10-6-7-18(9-11(10)2)15-13(16(19)20)8-12-4-3-5-14(12)17-15/h8,10-11H,3-7,9H2,1-2H3,(H,19,20). The van der Waals surface area contributed by atoms with E-state index in [0.29, 0.717) is 23.2 Å². The van der Waals surface area contributed by atoms with E-state index in [-0.39, 0.29) is 0 Å². The fourth-order valence-corrected chi connectivity index (χ4v) is 3.31. The van der Waals surface area contributed by atoms with Gasteiger partial charge in [-0.05, 0) is 49.1 Å². The van der Waals surface area contributed by atoms with Crippen molar-refractivity contribution >= 4 is 11.8 Å². The molecule has 108 valence electrons. The summed E-state index contributed by atoms with van der Waals surface area (Å²) in [4.78, 5) is 18.4. The molecule has 4 nitrogen and oxygen atoms in total. The molecule has 1 aliphatic carbocycles. The lowest BCUT2D eigenvalue weighted by Crippen LogP contribution is -2.39. The maximum atomic E-state index is 11.5. The Balaban J connectivity index is 1.97. The molecule has 1 fully saturated rings. The molecule has 0 radical (unpaired) electrons. The molecule has 20 heavy (non-hydrogen) atoms. The lowest BCUT2D eigenvalue weighted by Gasteiger charge is -2.36. The van der Waals surface area contributed by atoms with Gasteiger partial charge in [-0.25, -0.2) is 9.78 Å². The molecule has 2 unspecified atom stereocenters. The molecule has 1 aromatic heterocycles.